The van der Waals surface area contributed by atoms with E-state index in [1.165, 1.54) is 0 Å². The Morgan fingerprint density at radius 3 is 2.67 bits per heavy atom. The van der Waals surface area contributed by atoms with E-state index in [1.54, 1.807) is 10.4 Å². The highest BCUT2D eigenvalue weighted by Gasteiger charge is 2.34. The highest BCUT2D eigenvalue weighted by Crippen LogP contribution is 2.27. The normalized spacial score (nSPS) is 20.7. The van der Waals surface area contributed by atoms with Crippen molar-refractivity contribution >= 4 is 21.6 Å². The molecule has 1 heterocycles. The lowest BCUT2D eigenvalue weighted by Crippen LogP contribution is -2.48. The van der Waals surface area contributed by atoms with Gasteiger partial charge in [0.2, 0.25) is 10.0 Å². The van der Waals surface area contributed by atoms with Crippen molar-refractivity contribution in [1.29, 1.82) is 0 Å². The number of sulfonamides is 1. The summed E-state index contributed by atoms with van der Waals surface area (Å²) in [4.78, 5) is 0.365. The van der Waals surface area contributed by atoms with Crippen LogP contribution in [0.5, 0.6) is 0 Å². The molecule has 1 aliphatic heterocycles. The molecule has 1 aliphatic rings. The Labute approximate surface area is 132 Å². The van der Waals surface area contributed by atoms with Crippen molar-refractivity contribution < 1.29 is 13.2 Å². The quantitative estimate of drug-likeness (QED) is 0.797. The van der Waals surface area contributed by atoms with Gasteiger partial charge < -0.3 is 4.74 Å². The lowest BCUT2D eigenvalue weighted by Gasteiger charge is -2.34. The summed E-state index contributed by atoms with van der Waals surface area (Å²) in [7, 11) is -3.51. The second-order valence-electron chi connectivity index (χ2n) is 5.43. The lowest BCUT2D eigenvalue weighted by molar-refractivity contribution is 0.0314. The molecule has 21 heavy (non-hydrogen) atoms. The molecule has 0 aromatic heterocycles. The van der Waals surface area contributed by atoms with E-state index >= 15 is 0 Å². The molecule has 1 fully saturated rings. The first-order chi connectivity index (χ1) is 9.91. The van der Waals surface area contributed by atoms with Gasteiger partial charge in [-0.15, -0.1) is 11.6 Å². The summed E-state index contributed by atoms with van der Waals surface area (Å²) < 4.78 is 32.9. The zero-order valence-corrected chi connectivity index (χ0v) is 14.3. The molecule has 0 spiro atoms. The largest absolute Gasteiger partial charge is 0.378 e. The topological polar surface area (TPSA) is 46.6 Å². The lowest BCUT2D eigenvalue weighted by atomic mass is 10.1. The van der Waals surface area contributed by atoms with Gasteiger partial charge in [0.1, 0.15) is 0 Å². The number of alkyl halides is 1. The molecule has 0 aliphatic carbocycles. The van der Waals surface area contributed by atoms with Crippen LogP contribution in [0.1, 0.15) is 30.0 Å². The maximum Gasteiger partial charge on any atom is 0.243 e. The zero-order chi connectivity index (χ0) is 15.6. The maximum absolute atomic E-state index is 13.0. The van der Waals surface area contributed by atoms with E-state index < -0.39 is 10.0 Å². The number of halogens is 1. The molecule has 1 aromatic carbocycles. The summed E-state index contributed by atoms with van der Waals surface area (Å²) in [6.07, 6.45) is 0.743. The fourth-order valence-electron chi connectivity index (χ4n) is 2.70. The van der Waals surface area contributed by atoms with Crippen LogP contribution in [-0.4, -0.2) is 38.5 Å². The molecule has 1 atom stereocenters. The number of nitrogens with zero attached hydrogens (tertiary/aromatic N) is 1. The Balaban J connectivity index is 2.48. The van der Waals surface area contributed by atoms with Gasteiger partial charge in [-0.1, -0.05) is 13.0 Å². The Bertz CT molecular complexity index is 616. The van der Waals surface area contributed by atoms with Crippen LogP contribution < -0.4 is 0 Å². The van der Waals surface area contributed by atoms with E-state index in [0.29, 0.717) is 30.5 Å². The van der Waals surface area contributed by atoms with Gasteiger partial charge in [-0.2, -0.15) is 4.31 Å². The average Bonchev–Trinajstić information content (AvgIpc) is 2.47. The average molecular weight is 332 g/mol. The van der Waals surface area contributed by atoms with Gasteiger partial charge in [0, 0.05) is 18.5 Å². The summed E-state index contributed by atoms with van der Waals surface area (Å²) in [6.45, 7) is 7.08. The van der Waals surface area contributed by atoms with Crippen molar-refractivity contribution in [2.45, 2.75) is 44.0 Å². The first-order valence-corrected chi connectivity index (χ1v) is 9.15. The maximum atomic E-state index is 13.0. The van der Waals surface area contributed by atoms with E-state index in [2.05, 4.69) is 0 Å². The molecule has 0 N–H and O–H groups in total. The van der Waals surface area contributed by atoms with Crippen molar-refractivity contribution in [3.63, 3.8) is 0 Å². The summed E-state index contributed by atoms with van der Waals surface area (Å²) >= 11 is 5.92. The van der Waals surface area contributed by atoms with E-state index in [-0.39, 0.29) is 6.04 Å². The smallest absolute Gasteiger partial charge is 0.243 e. The monoisotopic (exact) mass is 331 g/mol. The molecular weight excluding hydrogens is 310 g/mol. The van der Waals surface area contributed by atoms with Crippen LogP contribution in [0.4, 0.5) is 0 Å². The molecule has 6 heteroatoms. The molecule has 0 amide bonds. The van der Waals surface area contributed by atoms with Crippen LogP contribution in [-0.2, 0) is 20.6 Å². The highest BCUT2D eigenvalue weighted by molar-refractivity contribution is 7.89. The summed E-state index contributed by atoms with van der Waals surface area (Å²) in [6, 6.07) is 3.52. The Kier molecular flexibility index (Phi) is 5.30. The van der Waals surface area contributed by atoms with Crippen LogP contribution in [0.15, 0.2) is 17.0 Å². The standard InChI is InChI=1S/C15H22ClNO3S/c1-4-14-10-20-6-5-17(14)21(18,19)15-8-13(9-16)11(2)7-12(15)3/h7-8,14H,4-6,9-10H2,1-3H3. The van der Waals surface area contributed by atoms with Crippen LogP contribution >= 0.6 is 11.6 Å². The Morgan fingerprint density at radius 2 is 2.05 bits per heavy atom. The SMILES string of the molecule is CCC1COCCN1S(=O)(=O)c1cc(CCl)c(C)cc1C. The fourth-order valence-corrected chi connectivity index (χ4v) is 4.92. The van der Waals surface area contributed by atoms with Gasteiger partial charge in [-0.25, -0.2) is 8.42 Å². The molecule has 1 aromatic rings. The number of aryl methyl sites for hydroxylation is 2. The van der Waals surface area contributed by atoms with Crippen molar-refractivity contribution in [2.75, 3.05) is 19.8 Å². The first-order valence-electron chi connectivity index (χ1n) is 7.17. The molecule has 4 nitrogen and oxygen atoms in total. The van der Waals surface area contributed by atoms with Crippen molar-refractivity contribution in [2.24, 2.45) is 0 Å². The molecule has 0 radical (unpaired) electrons. The summed E-state index contributed by atoms with van der Waals surface area (Å²) in [5, 5.41) is 0. The molecule has 0 bridgehead atoms. The molecule has 0 saturated carbocycles. The summed E-state index contributed by atoms with van der Waals surface area (Å²) in [5.41, 5.74) is 2.65. The molecular formula is C15H22ClNO3S. The van der Waals surface area contributed by atoms with E-state index in [1.807, 2.05) is 26.8 Å². The van der Waals surface area contributed by atoms with Crippen LogP contribution in [0, 0.1) is 13.8 Å². The van der Waals surface area contributed by atoms with Crippen LogP contribution in [0.2, 0.25) is 0 Å². The third-order valence-corrected chi connectivity index (χ3v) is 6.39. The van der Waals surface area contributed by atoms with Gasteiger partial charge >= 0.3 is 0 Å². The predicted molar refractivity (Wildman–Crippen MR) is 84.3 cm³/mol. The third-order valence-electron chi connectivity index (χ3n) is 4.01. The van der Waals surface area contributed by atoms with E-state index in [4.69, 9.17) is 16.3 Å². The fraction of sp³-hybridized carbons (Fsp3) is 0.600. The van der Waals surface area contributed by atoms with Crippen LogP contribution in [0.3, 0.4) is 0 Å². The van der Waals surface area contributed by atoms with Gasteiger partial charge in [-0.05, 0) is 43.0 Å². The van der Waals surface area contributed by atoms with Crippen molar-refractivity contribution in [3.05, 3.63) is 28.8 Å². The zero-order valence-electron chi connectivity index (χ0n) is 12.7. The van der Waals surface area contributed by atoms with E-state index in [0.717, 1.165) is 23.1 Å². The second kappa shape index (κ2) is 6.65. The number of ether oxygens (including phenoxy) is 1. The van der Waals surface area contributed by atoms with Gasteiger partial charge in [0.25, 0.3) is 0 Å². The number of hydrogen-bond acceptors (Lipinski definition) is 3. The Hall–Kier alpha value is -0.620. The highest BCUT2D eigenvalue weighted by atomic mass is 35.5. The Morgan fingerprint density at radius 1 is 1.33 bits per heavy atom. The minimum absolute atomic E-state index is 0.0936. The predicted octanol–water partition coefficient (Wildman–Crippen LogP) is 2.84. The number of morpholine rings is 1. The summed E-state index contributed by atoms with van der Waals surface area (Å²) in [5.74, 6) is 0.314. The number of benzene rings is 1. The molecule has 1 saturated heterocycles. The van der Waals surface area contributed by atoms with Gasteiger partial charge in [0.15, 0.2) is 0 Å². The number of rotatable bonds is 4. The first kappa shape index (κ1) is 16.7. The van der Waals surface area contributed by atoms with Crippen LogP contribution in [0.25, 0.3) is 0 Å². The minimum Gasteiger partial charge on any atom is -0.378 e. The third kappa shape index (κ3) is 3.26. The van der Waals surface area contributed by atoms with Gasteiger partial charge in [-0.3, -0.25) is 0 Å². The van der Waals surface area contributed by atoms with Crippen molar-refractivity contribution in [1.82, 2.24) is 4.31 Å². The molecule has 1 unspecified atom stereocenters. The van der Waals surface area contributed by atoms with Gasteiger partial charge in [0.05, 0.1) is 18.1 Å². The number of hydrogen-bond donors (Lipinski definition) is 0. The molecule has 2 rings (SSSR count). The van der Waals surface area contributed by atoms with Crippen molar-refractivity contribution in [3.8, 4) is 0 Å². The minimum atomic E-state index is -3.51. The van der Waals surface area contributed by atoms with E-state index in [9.17, 15) is 8.42 Å². The molecule has 118 valence electrons. The second-order valence-corrected chi connectivity index (χ2v) is 7.56.